The lowest BCUT2D eigenvalue weighted by atomic mass is 10.2. The van der Waals surface area contributed by atoms with E-state index in [9.17, 15) is 9.59 Å². The van der Waals surface area contributed by atoms with E-state index in [0.717, 1.165) is 16.9 Å². The molecular formula is C20H21ClN4O2S. The third kappa shape index (κ3) is 4.85. The Bertz CT molecular complexity index is 928. The maximum atomic E-state index is 12.4. The number of halogens is 1. The molecule has 2 aromatic rings. The summed E-state index contributed by atoms with van der Waals surface area (Å²) in [6, 6.07) is 13.0. The molecule has 0 spiro atoms. The van der Waals surface area contributed by atoms with Crippen molar-refractivity contribution in [1.82, 2.24) is 5.32 Å². The summed E-state index contributed by atoms with van der Waals surface area (Å²) in [5, 5.41) is 6.13. The minimum absolute atomic E-state index is 0.0566. The van der Waals surface area contributed by atoms with Crippen LogP contribution < -0.4 is 15.5 Å². The van der Waals surface area contributed by atoms with E-state index in [1.165, 1.54) is 11.8 Å². The van der Waals surface area contributed by atoms with Gasteiger partial charge in [0.25, 0.3) is 0 Å². The summed E-state index contributed by atoms with van der Waals surface area (Å²) in [4.78, 5) is 31.0. The molecule has 146 valence electrons. The van der Waals surface area contributed by atoms with Gasteiger partial charge in [-0.1, -0.05) is 29.4 Å². The quantitative estimate of drug-likeness (QED) is 0.773. The fourth-order valence-electron chi connectivity index (χ4n) is 2.65. The topological polar surface area (TPSA) is 73.8 Å². The monoisotopic (exact) mass is 416 g/mol. The second-order valence-electron chi connectivity index (χ2n) is 6.59. The van der Waals surface area contributed by atoms with Gasteiger partial charge < -0.3 is 15.5 Å². The summed E-state index contributed by atoms with van der Waals surface area (Å²) < 4.78 is 0. The van der Waals surface area contributed by atoms with Crippen LogP contribution in [-0.2, 0) is 9.59 Å². The molecule has 1 fully saturated rings. The van der Waals surface area contributed by atoms with Gasteiger partial charge in [-0.3, -0.25) is 9.59 Å². The van der Waals surface area contributed by atoms with Crippen LogP contribution in [0.2, 0.25) is 5.02 Å². The van der Waals surface area contributed by atoms with Gasteiger partial charge >= 0.3 is 0 Å². The van der Waals surface area contributed by atoms with Gasteiger partial charge in [0, 0.05) is 36.9 Å². The predicted molar refractivity (Wildman–Crippen MR) is 117 cm³/mol. The molecule has 6 nitrogen and oxygen atoms in total. The predicted octanol–water partition coefficient (Wildman–Crippen LogP) is 3.96. The van der Waals surface area contributed by atoms with Gasteiger partial charge in [-0.15, -0.1) is 0 Å². The van der Waals surface area contributed by atoms with Crippen LogP contribution in [0.25, 0.3) is 0 Å². The average molecular weight is 417 g/mol. The molecule has 0 aliphatic carbocycles. The lowest BCUT2D eigenvalue weighted by molar-refractivity contribution is -0.122. The number of hydrogen-bond donors (Lipinski definition) is 2. The molecule has 2 N–H and O–H groups in total. The molecular weight excluding hydrogens is 396 g/mol. The number of amides is 2. The zero-order valence-electron chi connectivity index (χ0n) is 15.8. The molecule has 0 radical (unpaired) electrons. The summed E-state index contributed by atoms with van der Waals surface area (Å²) in [7, 11) is 3.93. The molecule has 0 saturated carbocycles. The molecule has 28 heavy (non-hydrogen) atoms. The SMILES string of the molecule is Cc1c(Cl)cccc1NC(=O)CC1SC(=Nc2ccc(N(C)C)cc2)NC1=O. The number of aliphatic imine (C=N–C) groups is 1. The third-order valence-corrected chi connectivity index (χ3v) is 5.78. The molecule has 0 aromatic heterocycles. The molecule has 1 saturated heterocycles. The summed E-state index contributed by atoms with van der Waals surface area (Å²) in [5.74, 6) is -0.457. The molecule has 1 aliphatic heterocycles. The lowest BCUT2D eigenvalue weighted by Crippen LogP contribution is -2.28. The van der Waals surface area contributed by atoms with Gasteiger partial charge in [-0.25, -0.2) is 4.99 Å². The second-order valence-corrected chi connectivity index (χ2v) is 8.19. The minimum atomic E-state index is -0.515. The smallest absolute Gasteiger partial charge is 0.240 e. The van der Waals surface area contributed by atoms with E-state index in [0.29, 0.717) is 15.9 Å². The number of carbonyl (C=O) groups excluding carboxylic acids is 2. The number of hydrogen-bond acceptors (Lipinski definition) is 5. The second kappa shape index (κ2) is 8.67. The van der Waals surface area contributed by atoms with Crippen molar-refractivity contribution in [3.8, 4) is 0 Å². The Kier molecular flexibility index (Phi) is 6.26. The number of benzene rings is 2. The number of rotatable bonds is 5. The zero-order chi connectivity index (χ0) is 20.3. The fraction of sp³-hybridized carbons (Fsp3) is 0.250. The number of thioether (sulfide) groups is 1. The van der Waals surface area contributed by atoms with Crippen LogP contribution in [0.4, 0.5) is 17.1 Å². The van der Waals surface area contributed by atoms with Crippen molar-refractivity contribution in [3.05, 3.63) is 53.1 Å². The van der Waals surface area contributed by atoms with Crippen LogP contribution in [0.5, 0.6) is 0 Å². The van der Waals surface area contributed by atoms with Gasteiger partial charge in [-0.05, 0) is 48.9 Å². The molecule has 3 rings (SSSR count). The van der Waals surface area contributed by atoms with Gasteiger partial charge in [0.2, 0.25) is 11.8 Å². The van der Waals surface area contributed by atoms with Gasteiger partial charge in [0.15, 0.2) is 5.17 Å². The Labute approximate surface area is 173 Å². The summed E-state index contributed by atoms with van der Waals surface area (Å²) in [5.41, 5.74) is 3.26. The molecule has 1 atom stereocenters. The van der Waals surface area contributed by atoms with Crippen molar-refractivity contribution >= 4 is 57.4 Å². The Balaban J connectivity index is 1.62. The van der Waals surface area contributed by atoms with Crippen LogP contribution in [0.1, 0.15) is 12.0 Å². The van der Waals surface area contributed by atoms with Crippen molar-refractivity contribution in [2.45, 2.75) is 18.6 Å². The van der Waals surface area contributed by atoms with Crippen LogP contribution in [-0.4, -0.2) is 36.3 Å². The van der Waals surface area contributed by atoms with Crippen LogP contribution in [0, 0.1) is 6.92 Å². The van der Waals surface area contributed by atoms with Crippen LogP contribution in [0.3, 0.4) is 0 Å². The first-order valence-electron chi connectivity index (χ1n) is 8.72. The van der Waals surface area contributed by atoms with E-state index in [2.05, 4.69) is 15.6 Å². The Morgan fingerprint density at radius 1 is 1.25 bits per heavy atom. The molecule has 1 heterocycles. The zero-order valence-corrected chi connectivity index (χ0v) is 17.4. The average Bonchev–Trinajstić information content (AvgIpc) is 2.98. The Hall–Kier alpha value is -2.51. The van der Waals surface area contributed by atoms with Gasteiger partial charge in [0.05, 0.1) is 5.69 Å². The van der Waals surface area contributed by atoms with Crippen molar-refractivity contribution in [1.29, 1.82) is 0 Å². The van der Waals surface area contributed by atoms with Crippen molar-refractivity contribution < 1.29 is 9.59 Å². The van der Waals surface area contributed by atoms with Gasteiger partial charge in [-0.2, -0.15) is 0 Å². The number of anilines is 2. The summed E-state index contributed by atoms with van der Waals surface area (Å²) in [6.45, 7) is 1.83. The molecule has 2 amide bonds. The fourth-order valence-corrected chi connectivity index (χ4v) is 3.81. The highest BCUT2D eigenvalue weighted by molar-refractivity contribution is 8.15. The summed E-state index contributed by atoms with van der Waals surface area (Å²) >= 11 is 7.34. The van der Waals surface area contributed by atoms with E-state index in [-0.39, 0.29) is 18.2 Å². The van der Waals surface area contributed by atoms with Crippen LogP contribution in [0.15, 0.2) is 47.5 Å². The normalized spacial score (nSPS) is 17.5. The summed E-state index contributed by atoms with van der Waals surface area (Å²) in [6.07, 6.45) is 0.0566. The van der Waals surface area contributed by atoms with E-state index < -0.39 is 5.25 Å². The molecule has 1 unspecified atom stereocenters. The van der Waals surface area contributed by atoms with Gasteiger partial charge in [0.1, 0.15) is 5.25 Å². The third-order valence-electron chi connectivity index (χ3n) is 4.29. The number of nitrogens with one attached hydrogen (secondary N) is 2. The first-order valence-corrected chi connectivity index (χ1v) is 9.98. The van der Waals surface area contributed by atoms with Crippen molar-refractivity contribution in [2.24, 2.45) is 4.99 Å². The molecule has 2 aromatic carbocycles. The molecule has 8 heteroatoms. The number of amidine groups is 1. The number of nitrogens with zero attached hydrogens (tertiary/aromatic N) is 2. The highest BCUT2D eigenvalue weighted by Crippen LogP contribution is 2.27. The molecule has 0 bridgehead atoms. The van der Waals surface area contributed by atoms with Crippen molar-refractivity contribution in [2.75, 3.05) is 24.3 Å². The van der Waals surface area contributed by atoms with E-state index in [4.69, 9.17) is 11.6 Å². The Morgan fingerprint density at radius 2 is 1.96 bits per heavy atom. The minimum Gasteiger partial charge on any atom is -0.378 e. The van der Waals surface area contributed by atoms with E-state index >= 15 is 0 Å². The highest BCUT2D eigenvalue weighted by atomic mass is 35.5. The maximum Gasteiger partial charge on any atom is 0.240 e. The Morgan fingerprint density at radius 3 is 2.64 bits per heavy atom. The standard InChI is InChI=1S/C20H21ClN4O2S/c1-12-15(21)5-4-6-16(12)23-18(26)11-17-19(27)24-20(28-17)22-13-7-9-14(10-8-13)25(2)3/h4-10,17H,11H2,1-3H3,(H,23,26)(H,22,24,27). The van der Waals surface area contributed by atoms with E-state index in [1.807, 2.05) is 50.2 Å². The van der Waals surface area contributed by atoms with E-state index in [1.54, 1.807) is 18.2 Å². The van der Waals surface area contributed by atoms with Crippen LogP contribution >= 0.6 is 23.4 Å². The maximum absolute atomic E-state index is 12.4. The lowest BCUT2D eigenvalue weighted by Gasteiger charge is -2.11. The first-order chi connectivity index (χ1) is 13.3. The largest absolute Gasteiger partial charge is 0.378 e. The number of carbonyl (C=O) groups is 2. The van der Waals surface area contributed by atoms with Crippen molar-refractivity contribution in [3.63, 3.8) is 0 Å². The molecule has 1 aliphatic rings. The highest BCUT2D eigenvalue weighted by Gasteiger charge is 2.32. The first kappa shape index (κ1) is 20.2.